The number of rotatable bonds is 5. The second-order valence-corrected chi connectivity index (χ2v) is 6.43. The first-order chi connectivity index (χ1) is 13.2. The van der Waals surface area contributed by atoms with Crippen LogP contribution in [0.25, 0.3) is 0 Å². The van der Waals surface area contributed by atoms with Crippen LogP contribution in [0.15, 0.2) is 42.5 Å². The lowest BCUT2D eigenvalue weighted by Gasteiger charge is -2.20. The van der Waals surface area contributed by atoms with Gasteiger partial charge in [0.1, 0.15) is 13.2 Å². The number of hydrogen-bond acceptors (Lipinski definition) is 5. The number of ether oxygens (including phenoxy) is 2. The standard InChI is InChI=1S/C20H21N3O4/c24-19(22-14-7-8-17-18(12-14)27-11-10-26-17)13-21-15-4-1-2-5-16(15)23-9-3-6-20(23)25/h1-2,4-5,7-8,12,21H,3,6,9-11,13H2,(H,22,24). The molecular formula is C20H21N3O4. The van der Waals surface area contributed by atoms with Gasteiger partial charge in [0.05, 0.1) is 17.9 Å². The van der Waals surface area contributed by atoms with Crippen molar-refractivity contribution in [3.05, 3.63) is 42.5 Å². The monoisotopic (exact) mass is 367 g/mol. The average molecular weight is 367 g/mol. The molecule has 0 bridgehead atoms. The second kappa shape index (κ2) is 7.57. The van der Waals surface area contributed by atoms with E-state index in [1.54, 1.807) is 23.1 Å². The van der Waals surface area contributed by atoms with E-state index < -0.39 is 0 Å². The Morgan fingerprint density at radius 1 is 1.07 bits per heavy atom. The Hall–Kier alpha value is -3.22. The van der Waals surface area contributed by atoms with Crippen LogP contribution in [0.3, 0.4) is 0 Å². The molecule has 2 amide bonds. The fourth-order valence-electron chi connectivity index (χ4n) is 3.26. The summed E-state index contributed by atoms with van der Waals surface area (Å²) < 4.78 is 11.0. The highest BCUT2D eigenvalue weighted by molar-refractivity contribution is 5.99. The predicted octanol–water partition coefficient (Wildman–Crippen LogP) is 2.64. The lowest BCUT2D eigenvalue weighted by atomic mass is 10.2. The highest BCUT2D eigenvalue weighted by Crippen LogP contribution is 2.32. The highest BCUT2D eigenvalue weighted by atomic mass is 16.6. The first-order valence-electron chi connectivity index (χ1n) is 9.03. The molecule has 1 saturated heterocycles. The zero-order chi connectivity index (χ0) is 18.6. The van der Waals surface area contributed by atoms with Crippen molar-refractivity contribution >= 4 is 28.9 Å². The lowest BCUT2D eigenvalue weighted by molar-refractivity contribution is -0.117. The summed E-state index contributed by atoms with van der Waals surface area (Å²) in [5, 5.41) is 5.97. The van der Waals surface area contributed by atoms with Crippen molar-refractivity contribution in [2.75, 3.05) is 41.8 Å². The molecule has 7 nitrogen and oxygen atoms in total. The number of fused-ring (bicyclic) bond motifs is 1. The van der Waals surface area contributed by atoms with Crippen LogP contribution in [0.2, 0.25) is 0 Å². The Morgan fingerprint density at radius 2 is 1.89 bits per heavy atom. The highest BCUT2D eigenvalue weighted by Gasteiger charge is 2.23. The minimum absolute atomic E-state index is 0.0908. The number of hydrogen-bond donors (Lipinski definition) is 2. The predicted molar refractivity (Wildman–Crippen MR) is 103 cm³/mol. The second-order valence-electron chi connectivity index (χ2n) is 6.43. The van der Waals surface area contributed by atoms with E-state index in [9.17, 15) is 9.59 Å². The van der Waals surface area contributed by atoms with E-state index in [0.29, 0.717) is 43.4 Å². The Bertz CT molecular complexity index is 868. The van der Waals surface area contributed by atoms with E-state index in [4.69, 9.17) is 9.47 Å². The molecule has 2 aliphatic rings. The van der Waals surface area contributed by atoms with Crippen molar-refractivity contribution < 1.29 is 19.1 Å². The number of nitrogens with one attached hydrogen (secondary N) is 2. The average Bonchev–Trinajstić information content (AvgIpc) is 3.12. The summed E-state index contributed by atoms with van der Waals surface area (Å²) in [6, 6.07) is 12.9. The van der Waals surface area contributed by atoms with E-state index in [2.05, 4.69) is 10.6 Å². The van der Waals surface area contributed by atoms with Crippen LogP contribution in [0.5, 0.6) is 11.5 Å². The summed E-state index contributed by atoms with van der Waals surface area (Å²) in [7, 11) is 0. The van der Waals surface area contributed by atoms with Crippen LogP contribution in [0.4, 0.5) is 17.1 Å². The van der Waals surface area contributed by atoms with Crippen molar-refractivity contribution in [3.8, 4) is 11.5 Å². The molecule has 4 rings (SSSR count). The molecule has 140 valence electrons. The van der Waals surface area contributed by atoms with Crippen molar-refractivity contribution in [1.29, 1.82) is 0 Å². The summed E-state index contributed by atoms with van der Waals surface area (Å²) in [6.45, 7) is 1.83. The lowest BCUT2D eigenvalue weighted by Crippen LogP contribution is -2.26. The zero-order valence-corrected chi connectivity index (χ0v) is 14.9. The molecule has 0 aromatic heterocycles. The number of carbonyl (C=O) groups is 2. The maximum Gasteiger partial charge on any atom is 0.243 e. The largest absolute Gasteiger partial charge is 0.486 e. The molecule has 2 aromatic rings. The number of nitrogens with zero attached hydrogens (tertiary/aromatic N) is 1. The van der Waals surface area contributed by atoms with Gasteiger partial charge in [-0.05, 0) is 30.7 Å². The van der Waals surface area contributed by atoms with Gasteiger partial charge in [0.25, 0.3) is 0 Å². The molecule has 1 fully saturated rings. The van der Waals surface area contributed by atoms with Crippen LogP contribution in [-0.4, -0.2) is 38.1 Å². The topological polar surface area (TPSA) is 79.9 Å². The summed E-state index contributed by atoms with van der Waals surface area (Å²) in [5.41, 5.74) is 2.23. The van der Waals surface area contributed by atoms with Gasteiger partial charge in [-0.25, -0.2) is 0 Å². The number of benzene rings is 2. The first kappa shape index (κ1) is 17.2. The normalized spacial score (nSPS) is 15.6. The van der Waals surface area contributed by atoms with Crippen molar-refractivity contribution in [2.45, 2.75) is 12.8 Å². The third-order valence-corrected chi connectivity index (χ3v) is 4.53. The fraction of sp³-hybridized carbons (Fsp3) is 0.300. The zero-order valence-electron chi connectivity index (χ0n) is 14.9. The Morgan fingerprint density at radius 3 is 2.70 bits per heavy atom. The van der Waals surface area contributed by atoms with Gasteiger partial charge in [-0.3, -0.25) is 9.59 Å². The van der Waals surface area contributed by atoms with E-state index in [-0.39, 0.29) is 18.4 Å². The molecule has 0 radical (unpaired) electrons. The van der Waals surface area contributed by atoms with Gasteiger partial charge < -0.3 is 25.0 Å². The molecule has 0 atom stereocenters. The van der Waals surface area contributed by atoms with Crippen molar-refractivity contribution in [3.63, 3.8) is 0 Å². The smallest absolute Gasteiger partial charge is 0.243 e. The SMILES string of the molecule is O=C(CNc1ccccc1N1CCCC1=O)Nc1ccc2c(c1)OCCO2. The molecule has 2 N–H and O–H groups in total. The summed E-state index contributed by atoms with van der Waals surface area (Å²) in [6.07, 6.45) is 1.43. The molecular weight excluding hydrogens is 346 g/mol. The van der Waals surface area contributed by atoms with Crippen LogP contribution in [-0.2, 0) is 9.59 Å². The molecule has 27 heavy (non-hydrogen) atoms. The van der Waals surface area contributed by atoms with E-state index in [0.717, 1.165) is 17.8 Å². The quantitative estimate of drug-likeness (QED) is 0.849. The van der Waals surface area contributed by atoms with Gasteiger partial charge in [-0.1, -0.05) is 12.1 Å². The third kappa shape index (κ3) is 3.81. The van der Waals surface area contributed by atoms with Gasteiger partial charge >= 0.3 is 0 Å². The maximum atomic E-state index is 12.3. The van der Waals surface area contributed by atoms with Gasteiger partial charge in [0, 0.05) is 24.7 Å². The number of anilines is 3. The number of carbonyl (C=O) groups excluding carboxylic acids is 2. The fourth-order valence-corrected chi connectivity index (χ4v) is 3.26. The van der Waals surface area contributed by atoms with Crippen molar-refractivity contribution in [2.24, 2.45) is 0 Å². The van der Waals surface area contributed by atoms with Crippen molar-refractivity contribution in [1.82, 2.24) is 0 Å². The molecule has 0 unspecified atom stereocenters. The summed E-state index contributed by atoms with van der Waals surface area (Å²) in [4.78, 5) is 26.1. The van der Waals surface area contributed by atoms with Gasteiger partial charge in [-0.2, -0.15) is 0 Å². The molecule has 0 aliphatic carbocycles. The van der Waals surface area contributed by atoms with Gasteiger partial charge in [-0.15, -0.1) is 0 Å². The molecule has 2 aromatic carbocycles. The third-order valence-electron chi connectivity index (χ3n) is 4.53. The van der Waals surface area contributed by atoms with E-state index in [1.807, 2.05) is 24.3 Å². The van der Waals surface area contributed by atoms with Crippen LogP contribution < -0.4 is 25.0 Å². The minimum Gasteiger partial charge on any atom is -0.486 e. The minimum atomic E-state index is -0.186. The molecule has 2 heterocycles. The van der Waals surface area contributed by atoms with E-state index in [1.165, 1.54) is 0 Å². The van der Waals surface area contributed by atoms with Crippen LogP contribution in [0.1, 0.15) is 12.8 Å². The van der Waals surface area contributed by atoms with Crippen LogP contribution >= 0.6 is 0 Å². The van der Waals surface area contributed by atoms with Gasteiger partial charge in [0.2, 0.25) is 11.8 Å². The van der Waals surface area contributed by atoms with E-state index >= 15 is 0 Å². The number of para-hydroxylation sites is 2. The Labute approximate surface area is 157 Å². The Kier molecular flexibility index (Phi) is 4.82. The molecule has 2 aliphatic heterocycles. The molecule has 7 heteroatoms. The van der Waals surface area contributed by atoms with Crippen LogP contribution in [0, 0.1) is 0 Å². The maximum absolute atomic E-state index is 12.3. The van der Waals surface area contributed by atoms with Gasteiger partial charge in [0.15, 0.2) is 11.5 Å². The first-order valence-corrected chi connectivity index (χ1v) is 9.03. The Balaban J connectivity index is 1.39. The number of amides is 2. The molecule has 0 saturated carbocycles. The summed E-state index contributed by atoms with van der Waals surface area (Å²) >= 11 is 0. The summed E-state index contributed by atoms with van der Waals surface area (Å²) in [5.74, 6) is 1.24. The molecule has 0 spiro atoms.